The van der Waals surface area contributed by atoms with Crippen LogP contribution in [-0.4, -0.2) is 54.5 Å². The van der Waals surface area contributed by atoms with Gasteiger partial charge in [0.05, 0.1) is 31.9 Å². The second-order valence-corrected chi connectivity index (χ2v) is 9.02. The Kier molecular flexibility index (Phi) is 8.25. The van der Waals surface area contributed by atoms with Crippen molar-refractivity contribution >= 4 is 29.5 Å². The maximum atomic E-state index is 13.5. The maximum absolute atomic E-state index is 13.5. The van der Waals surface area contributed by atoms with Crippen molar-refractivity contribution < 1.29 is 23.9 Å². The predicted octanol–water partition coefficient (Wildman–Crippen LogP) is 3.77. The highest BCUT2D eigenvalue weighted by Gasteiger charge is 2.45. The molecule has 4 rings (SSSR count). The molecule has 0 bridgehead atoms. The molecule has 1 heterocycles. The minimum Gasteiger partial charge on any atom is -0.497 e. The summed E-state index contributed by atoms with van der Waals surface area (Å²) in [5.41, 5.74) is 1.38. The van der Waals surface area contributed by atoms with Crippen molar-refractivity contribution in [2.75, 3.05) is 19.0 Å². The molecule has 190 valence electrons. The molecule has 2 aromatic rings. The molecule has 1 saturated carbocycles. The molecular weight excluding hydrogens is 458 g/mol. The number of methoxy groups -OCH3 is 1. The maximum Gasteiger partial charge on any atom is 0.247 e. The third kappa shape index (κ3) is 5.87. The quantitative estimate of drug-likeness (QED) is 0.548. The number of hydrogen-bond donors (Lipinski definition) is 2. The van der Waals surface area contributed by atoms with E-state index in [1.807, 2.05) is 37.3 Å². The van der Waals surface area contributed by atoms with Gasteiger partial charge >= 0.3 is 0 Å². The van der Waals surface area contributed by atoms with Gasteiger partial charge in [-0.3, -0.25) is 14.4 Å². The average Bonchev–Trinajstić information content (AvgIpc) is 2.89. The van der Waals surface area contributed by atoms with E-state index in [0.29, 0.717) is 18.0 Å². The van der Waals surface area contributed by atoms with E-state index in [-0.39, 0.29) is 36.2 Å². The van der Waals surface area contributed by atoms with E-state index in [9.17, 15) is 14.4 Å². The summed E-state index contributed by atoms with van der Waals surface area (Å²) in [6.07, 6.45) is 6.66. The Bertz CT molecular complexity index is 1110. The number of anilines is 1. The smallest absolute Gasteiger partial charge is 0.247 e. The molecule has 8 heteroatoms. The van der Waals surface area contributed by atoms with Crippen LogP contribution in [-0.2, 0) is 14.4 Å². The van der Waals surface area contributed by atoms with Crippen LogP contribution in [0.5, 0.6) is 11.5 Å². The summed E-state index contributed by atoms with van der Waals surface area (Å²) in [7, 11) is 1.60. The lowest BCUT2D eigenvalue weighted by atomic mass is 9.85. The van der Waals surface area contributed by atoms with Gasteiger partial charge in [-0.15, -0.1) is 0 Å². The number of nitrogens with zero attached hydrogens (tertiary/aromatic N) is 1. The summed E-state index contributed by atoms with van der Waals surface area (Å²) in [5, 5.41) is 5.92. The number of hydrogen-bond acceptors (Lipinski definition) is 5. The van der Waals surface area contributed by atoms with Gasteiger partial charge in [0, 0.05) is 12.1 Å². The Hall–Kier alpha value is -3.81. The predicted molar refractivity (Wildman–Crippen MR) is 138 cm³/mol. The fourth-order valence-corrected chi connectivity index (χ4v) is 4.95. The van der Waals surface area contributed by atoms with Gasteiger partial charge < -0.3 is 25.0 Å². The Morgan fingerprint density at radius 1 is 1.11 bits per heavy atom. The van der Waals surface area contributed by atoms with Crippen molar-refractivity contribution in [2.45, 2.75) is 57.2 Å². The molecule has 36 heavy (non-hydrogen) atoms. The van der Waals surface area contributed by atoms with Gasteiger partial charge in [0.1, 0.15) is 17.5 Å². The average molecular weight is 492 g/mol. The number of carbonyl (C=O) groups excluding carboxylic acids is 3. The standard InChI is InChI=1S/C28H33N3O5/c1-3-36-25-11-7-5-9-22(25)29-26(32)18-24-28(34)30-21-8-4-6-10-23(21)31(24)27(33)17-14-19-12-15-20(35-2)16-13-19/h5,7,9,11-17,21,23-24H,3-4,6,8,10,18H2,1-2H3,(H,29,32)(H,30,34)/b17-14+/t21-,23+,24+/m0/s1. The fourth-order valence-electron chi connectivity index (χ4n) is 4.95. The summed E-state index contributed by atoms with van der Waals surface area (Å²) >= 11 is 0. The number of benzene rings is 2. The van der Waals surface area contributed by atoms with E-state index < -0.39 is 6.04 Å². The number of ether oxygens (including phenoxy) is 2. The monoisotopic (exact) mass is 491 g/mol. The molecular formula is C28H33N3O5. The van der Waals surface area contributed by atoms with Crippen LogP contribution in [0.4, 0.5) is 5.69 Å². The SMILES string of the molecule is CCOc1ccccc1NC(=O)C[C@@H]1C(=O)N[C@H]2CCCC[C@H]2N1C(=O)/C=C/c1ccc(OC)cc1. The van der Waals surface area contributed by atoms with Gasteiger partial charge in [-0.25, -0.2) is 0 Å². The van der Waals surface area contributed by atoms with Crippen molar-refractivity contribution in [3.8, 4) is 11.5 Å². The zero-order chi connectivity index (χ0) is 25.5. The lowest BCUT2D eigenvalue weighted by Crippen LogP contribution is -2.67. The molecule has 2 fully saturated rings. The van der Waals surface area contributed by atoms with Crippen LogP contribution < -0.4 is 20.1 Å². The highest BCUT2D eigenvalue weighted by molar-refractivity contribution is 6.01. The van der Waals surface area contributed by atoms with Crippen LogP contribution in [0.1, 0.15) is 44.6 Å². The molecule has 1 aliphatic heterocycles. The van der Waals surface area contributed by atoms with Crippen molar-refractivity contribution in [2.24, 2.45) is 0 Å². The normalized spacial score (nSPS) is 21.4. The molecule has 1 aliphatic carbocycles. The summed E-state index contributed by atoms with van der Waals surface area (Å²) in [6.45, 7) is 2.33. The number of amides is 3. The molecule has 1 saturated heterocycles. The Labute approximate surface area is 211 Å². The second kappa shape index (κ2) is 11.7. The largest absolute Gasteiger partial charge is 0.497 e. The Morgan fingerprint density at radius 3 is 2.61 bits per heavy atom. The number of para-hydroxylation sites is 2. The highest BCUT2D eigenvalue weighted by atomic mass is 16.5. The number of fused-ring (bicyclic) bond motifs is 1. The van der Waals surface area contributed by atoms with Crippen LogP contribution >= 0.6 is 0 Å². The topological polar surface area (TPSA) is 97.0 Å². The molecule has 8 nitrogen and oxygen atoms in total. The molecule has 2 aromatic carbocycles. The van der Waals surface area contributed by atoms with E-state index in [1.54, 1.807) is 36.3 Å². The molecule has 0 radical (unpaired) electrons. The van der Waals surface area contributed by atoms with Gasteiger partial charge in [0.2, 0.25) is 17.7 Å². The van der Waals surface area contributed by atoms with E-state index in [0.717, 1.165) is 37.0 Å². The molecule has 3 amide bonds. The van der Waals surface area contributed by atoms with Crippen molar-refractivity contribution in [1.82, 2.24) is 10.2 Å². The number of piperazine rings is 1. The summed E-state index contributed by atoms with van der Waals surface area (Å²) < 4.78 is 10.8. The lowest BCUT2D eigenvalue weighted by Gasteiger charge is -2.47. The first-order valence-electron chi connectivity index (χ1n) is 12.5. The van der Waals surface area contributed by atoms with Crippen LogP contribution in [0.3, 0.4) is 0 Å². The zero-order valence-corrected chi connectivity index (χ0v) is 20.7. The van der Waals surface area contributed by atoms with E-state index in [4.69, 9.17) is 9.47 Å². The van der Waals surface area contributed by atoms with Crippen LogP contribution in [0.15, 0.2) is 54.6 Å². The summed E-state index contributed by atoms with van der Waals surface area (Å²) in [5.74, 6) is 0.369. The first kappa shape index (κ1) is 25.3. The molecule has 0 unspecified atom stereocenters. The minimum atomic E-state index is -0.892. The van der Waals surface area contributed by atoms with Crippen LogP contribution in [0.2, 0.25) is 0 Å². The number of rotatable bonds is 8. The Balaban J connectivity index is 1.54. The van der Waals surface area contributed by atoms with Crippen LogP contribution in [0.25, 0.3) is 6.08 Å². The van der Waals surface area contributed by atoms with Crippen molar-refractivity contribution in [1.29, 1.82) is 0 Å². The van der Waals surface area contributed by atoms with E-state index in [2.05, 4.69) is 10.6 Å². The van der Waals surface area contributed by atoms with Gasteiger partial charge in [-0.05, 0) is 55.7 Å². The van der Waals surface area contributed by atoms with Crippen molar-refractivity contribution in [3.63, 3.8) is 0 Å². The van der Waals surface area contributed by atoms with E-state index >= 15 is 0 Å². The fraction of sp³-hybridized carbons (Fsp3) is 0.393. The number of carbonyl (C=O) groups is 3. The number of nitrogens with one attached hydrogen (secondary N) is 2. The minimum absolute atomic E-state index is 0.0948. The third-order valence-electron chi connectivity index (χ3n) is 6.68. The third-order valence-corrected chi connectivity index (χ3v) is 6.68. The first-order valence-corrected chi connectivity index (χ1v) is 12.5. The molecule has 2 aliphatic rings. The van der Waals surface area contributed by atoms with Gasteiger partial charge in [0.25, 0.3) is 0 Å². The second-order valence-electron chi connectivity index (χ2n) is 9.02. The molecule has 2 N–H and O–H groups in total. The summed E-state index contributed by atoms with van der Waals surface area (Å²) in [4.78, 5) is 41.2. The lowest BCUT2D eigenvalue weighted by molar-refractivity contribution is -0.148. The van der Waals surface area contributed by atoms with Crippen molar-refractivity contribution in [3.05, 3.63) is 60.2 Å². The zero-order valence-electron chi connectivity index (χ0n) is 20.7. The first-order chi connectivity index (χ1) is 17.5. The highest BCUT2D eigenvalue weighted by Crippen LogP contribution is 2.31. The van der Waals surface area contributed by atoms with Gasteiger partial charge in [-0.2, -0.15) is 0 Å². The molecule has 0 aromatic heterocycles. The molecule has 0 spiro atoms. The molecule has 3 atom stereocenters. The van der Waals surface area contributed by atoms with Gasteiger partial charge in [-0.1, -0.05) is 37.1 Å². The van der Waals surface area contributed by atoms with E-state index in [1.165, 1.54) is 6.08 Å². The summed E-state index contributed by atoms with van der Waals surface area (Å²) in [6, 6.07) is 13.4. The Morgan fingerprint density at radius 2 is 1.86 bits per heavy atom. The van der Waals surface area contributed by atoms with Gasteiger partial charge in [0.15, 0.2) is 0 Å². The van der Waals surface area contributed by atoms with Crippen LogP contribution in [0, 0.1) is 0 Å².